The van der Waals surface area contributed by atoms with Crippen LogP contribution in [0.5, 0.6) is 0 Å². The van der Waals surface area contributed by atoms with E-state index in [-0.39, 0.29) is 11.5 Å². The highest BCUT2D eigenvalue weighted by Gasteiger charge is 2.34. The van der Waals surface area contributed by atoms with Crippen molar-refractivity contribution in [1.82, 2.24) is 9.99 Å². The standard InChI is InChI=1S/C22H17Cl2N3O2/c1-13-10-15(14(2)26(13)17-8-9-19(23)20(24)12-17)11-18-21(28)25-27(22(18)29)16-6-4-3-5-7-16/h3-12H,1-2H3,(H,25,28)/b18-11-. The summed E-state index contributed by atoms with van der Waals surface area (Å²) >= 11 is 12.2. The minimum Gasteiger partial charge on any atom is -0.318 e. The molecule has 0 radical (unpaired) electrons. The van der Waals surface area contributed by atoms with Crippen LogP contribution in [0, 0.1) is 13.8 Å². The van der Waals surface area contributed by atoms with Gasteiger partial charge in [0.05, 0.1) is 15.7 Å². The zero-order chi connectivity index (χ0) is 20.7. The first-order chi connectivity index (χ1) is 13.9. The molecule has 1 N–H and O–H groups in total. The highest BCUT2D eigenvalue weighted by molar-refractivity contribution is 6.42. The largest absolute Gasteiger partial charge is 0.318 e. The number of nitrogens with one attached hydrogen (secondary N) is 1. The van der Waals surface area contributed by atoms with Gasteiger partial charge in [0.25, 0.3) is 11.8 Å². The molecule has 0 aliphatic carbocycles. The van der Waals surface area contributed by atoms with Crippen LogP contribution in [0.4, 0.5) is 5.69 Å². The van der Waals surface area contributed by atoms with Gasteiger partial charge in [0.1, 0.15) is 5.57 Å². The maximum Gasteiger partial charge on any atom is 0.282 e. The fraction of sp³-hybridized carbons (Fsp3) is 0.0909. The summed E-state index contributed by atoms with van der Waals surface area (Å²) < 4.78 is 2.00. The lowest BCUT2D eigenvalue weighted by Crippen LogP contribution is -2.35. The molecule has 2 amide bonds. The van der Waals surface area contributed by atoms with Crippen molar-refractivity contribution in [3.8, 4) is 5.69 Å². The normalized spacial score (nSPS) is 15.3. The summed E-state index contributed by atoms with van der Waals surface area (Å²) in [5, 5.41) is 2.20. The number of carbonyl (C=O) groups excluding carboxylic acids is 2. The monoisotopic (exact) mass is 425 g/mol. The number of anilines is 1. The quantitative estimate of drug-likeness (QED) is 0.480. The average Bonchev–Trinajstić information content (AvgIpc) is 3.15. The van der Waals surface area contributed by atoms with Crippen molar-refractivity contribution in [3.63, 3.8) is 0 Å². The van der Waals surface area contributed by atoms with Gasteiger partial charge < -0.3 is 4.57 Å². The summed E-state index contributed by atoms with van der Waals surface area (Å²) in [6.45, 7) is 3.87. The molecule has 1 aliphatic rings. The van der Waals surface area contributed by atoms with Crippen LogP contribution in [0.15, 0.2) is 60.2 Å². The molecule has 0 unspecified atom stereocenters. The third kappa shape index (κ3) is 3.43. The van der Waals surface area contributed by atoms with Crippen LogP contribution in [0.3, 0.4) is 0 Å². The molecule has 146 valence electrons. The number of halogens is 2. The average molecular weight is 426 g/mol. The minimum atomic E-state index is -0.432. The molecule has 5 nitrogen and oxygen atoms in total. The van der Waals surface area contributed by atoms with Gasteiger partial charge >= 0.3 is 0 Å². The number of aryl methyl sites for hydroxylation is 1. The van der Waals surface area contributed by atoms with Gasteiger partial charge in [-0.25, -0.2) is 5.01 Å². The minimum absolute atomic E-state index is 0.0863. The molecule has 1 aliphatic heterocycles. The number of para-hydroxylation sites is 1. The van der Waals surface area contributed by atoms with E-state index in [0.717, 1.165) is 22.6 Å². The van der Waals surface area contributed by atoms with Gasteiger partial charge in [-0.3, -0.25) is 15.0 Å². The van der Waals surface area contributed by atoms with E-state index >= 15 is 0 Å². The topological polar surface area (TPSA) is 54.3 Å². The van der Waals surface area contributed by atoms with E-state index in [4.69, 9.17) is 23.2 Å². The van der Waals surface area contributed by atoms with Crippen molar-refractivity contribution in [2.45, 2.75) is 13.8 Å². The zero-order valence-electron chi connectivity index (χ0n) is 15.7. The van der Waals surface area contributed by atoms with Crippen LogP contribution in [0.25, 0.3) is 11.8 Å². The number of amides is 2. The van der Waals surface area contributed by atoms with Crippen molar-refractivity contribution >= 4 is 46.8 Å². The van der Waals surface area contributed by atoms with Gasteiger partial charge in [-0.05, 0) is 61.9 Å². The molecule has 1 fully saturated rings. The second kappa shape index (κ2) is 7.43. The number of hydrogen-bond donors (Lipinski definition) is 1. The Kier molecular flexibility index (Phi) is 4.94. The van der Waals surface area contributed by atoms with Gasteiger partial charge in [0, 0.05) is 17.1 Å². The fourth-order valence-electron chi connectivity index (χ4n) is 3.43. The van der Waals surface area contributed by atoms with Gasteiger partial charge in [-0.1, -0.05) is 41.4 Å². The van der Waals surface area contributed by atoms with Crippen molar-refractivity contribution < 1.29 is 9.59 Å². The number of rotatable bonds is 3. The molecule has 0 spiro atoms. The van der Waals surface area contributed by atoms with Gasteiger partial charge in [-0.2, -0.15) is 0 Å². The molecule has 1 aromatic heterocycles. The molecule has 0 bridgehead atoms. The molecule has 29 heavy (non-hydrogen) atoms. The molecule has 2 aromatic carbocycles. The number of nitrogens with zero attached hydrogens (tertiary/aromatic N) is 2. The van der Waals surface area contributed by atoms with E-state index in [1.807, 2.05) is 36.6 Å². The summed E-state index contributed by atoms with van der Waals surface area (Å²) in [5.41, 5.74) is 6.77. The van der Waals surface area contributed by atoms with Crippen LogP contribution in [0.1, 0.15) is 17.0 Å². The summed E-state index contributed by atoms with van der Waals surface area (Å²) in [4.78, 5) is 25.3. The van der Waals surface area contributed by atoms with E-state index in [0.29, 0.717) is 15.7 Å². The number of hydrogen-bond acceptors (Lipinski definition) is 2. The predicted molar refractivity (Wildman–Crippen MR) is 115 cm³/mol. The number of benzene rings is 2. The van der Waals surface area contributed by atoms with E-state index < -0.39 is 5.91 Å². The van der Waals surface area contributed by atoms with E-state index in [1.54, 1.807) is 42.5 Å². The summed E-state index contributed by atoms with van der Waals surface area (Å²) in [6, 6.07) is 16.3. The molecular formula is C22H17Cl2N3O2. The van der Waals surface area contributed by atoms with Crippen LogP contribution >= 0.6 is 23.2 Å². The van der Waals surface area contributed by atoms with E-state index in [1.165, 1.54) is 5.01 Å². The molecule has 7 heteroatoms. The highest BCUT2D eigenvalue weighted by atomic mass is 35.5. The Balaban J connectivity index is 1.73. The van der Waals surface area contributed by atoms with Gasteiger partial charge in [0.15, 0.2) is 0 Å². The second-order valence-corrected chi connectivity index (χ2v) is 7.55. The zero-order valence-corrected chi connectivity index (χ0v) is 17.3. The number of hydrazine groups is 1. The molecular weight excluding hydrogens is 409 g/mol. The number of carbonyl (C=O) groups is 2. The maximum absolute atomic E-state index is 12.8. The Morgan fingerprint density at radius 2 is 1.62 bits per heavy atom. The lowest BCUT2D eigenvalue weighted by Gasteiger charge is -2.13. The predicted octanol–water partition coefficient (Wildman–Crippen LogP) is 4.86. The Hall–Kier alpha value is -3.02. The third-order valence-electron chi connectivity index (χ3n) is 4.84. The molecule has 3 aromatic rings. The Morgan fingerprint density at radius 1 is 0.897 bits per heavy atom. The Bertz CT molecular complexity index is 1170. The first-order valence-corrected chi connectivity index (χ1v) is 9.69. The lowest BCUT2D eigenvalue weighted by molar-refractivity contribution is -0.117. The third-order valence-corrected chi connectivity index (χ3v) is 5.58. The van der Waals surface area contributed by atoms with Crippen LogP contribution in [-0.4, -0.2) is 16.4 Å². The summed E-state index contributed by atoms with van der Waals surface area (Å²) in [6.07, 6.45) is 1.62. The van der Waals surface area contributed by atoms with Crippen LogP contribution < -0.4 is 10.4 Å². The highest BCUT2D eigenvalue weighted by Crippen LogP contribution is 2.29. The first-order valence-electron chi connectivity index (χ1n) is 8.93. The van der Waals surface area contributed by atoms with Crippen molar-refractivity contribution in [1.29, 1.82) is 0 Å². The number of aromatic nitrogens is 1. The van der Waals surface area contributed by atoms with Crippen molar-refractivity contribution in [2.75, 3.05) is 5.01 Å². The SMILES string of the molecule is Cc1cc(/C=C2/C(=O)NN(c3ccccc3)C2=O)c(C)n1-c1ccc(Cl)c(Cl)c1. The van der Waals surface area contributed by atoms with E-state index in [2.05, 4.69) is 5.43 Å². The van der Waals surface area contributed by atoms with Gasteiger partial charge in [0.2, 0.25) is 0 Å². The summed E-state index contributed by atoms with van der Waals surface area (Å²) in [5.74, 6) is -0.821. The van der Waals surface area contributed by atoms with E-state index in [9.17, 15) is 9.59 Å². The fourth-order valence-corrected chi connectivity index (χ4v) is 3.72. The molecule has 4 rings (SSSR count). The molecule has 1 saturated heterocycles. The molecule has 2 heterocycles. The smallest absolute Gasteiger partial charge is 0.282 e. The van der Waals surface area contributed by atoms with Crippen molar-refractivity contribution in [3.05, 3.63) is 87.2 Å². The summed E-state index contributed by atoms with van der Waals surface area (Å²) in [7, 11) is 0. The Labute approximate surface area is 178 Å². The van der Waals surface area contributed by atoms with Crippen LogP contribution in [-0.2, 0) is 9.59 Å². The van der Waals surface area contributed by atoms with Crippen LogP contribution in [0.2, 0.25) is 10.0 Å². The van der Waals surface area contributed by atoms with Crippen molar-refractivity contribution in [2.24, 2.45) is 0 Å². The lowest BCUT2D eigenvalue weighted by atomic mass is 10.1. The maximum atomic E-state index is 12.8. The van der Waals surface area contributed by atoms with Gasteiger partial charge in [-0.15, -0.1) is 0 Å². The molecule has 0 saturated carbocycles. The first kappa shape index (κ1) is 19.3. The Morgan fingerprint density at radius 3 is 2.31 bits per heavy atom. The second-order valence-electron chi connectivity index (χ2n) is 6.74. The molecule has 0 atom stereocenters.